The molecule has 2 aliphatic rings. The molecular weight excluding hydrogens is 371 g/mol. The zero-order chi connectivity index (χ0) is 19.7. The Bertz CT molecular complexity index is 844. The smallest absolute Gasteiger partial charge is 0.337 e. The van der Waals surface area contributed by atoms with Gasteiger partial charge >= 0.3 is 6.18 Å². The number of carbonyl (C=O) groups excluding carboxylic acids is 1. The highest BCUT2D eigenvalue weighted by Gasteiger charge is 2.34. The molecule has 1 aromatic carbocycles. The largest absolute Gasteiger partial charge is 0.435 e. The van der Waals surface area contributed by atoms with E-state index in [0.29, 0.717) is 30.4 Å². The van der Waals surface area contributed by atoms with Crippen LogP contribution in [0.25, 0.3) is 5.69 Å². The number of likely N-dealkylation sites (tertiary alicyclic amines) is 1. The summed E-state index contributed by atoms with van der Waals surface area (Å²) in [5.41, 5.74) is -0.0654. The van der Waals surface area contributed by atoms with E-state index in [9.17, 15) is 18.0 Å². The first-order valence-corrected chi connectivity index (χ1v) is 9.39. The van der Waals surface area contributed by atoms with Gasteiger partial charge in [-0.3, -0.25) is 9.69 Å². The van der Waals surface area contributed by atoms with Crippen molar-refractivity contribution >= 4 is 5.91 Å². The predicted molar refractivity (Wildman–Crippen MR) is 97.3 cm³/mol. The lowest BCUT2D eigenvalue weighted by Crippen LogP contribution is -2.49. The summed E-state index contributed by atoms with van der Waals surface area (Å²) in [5, 5.41) is 6.91. The first kappa shape index (κ1) is 18.9. The normalized spacial score (nSPS) is 21.2. The van der Waals surface area contributed by atoms with Crippen molar-refractivity contribution in [3.8, 4) is 5.69 Å². The Kier molecular flexibility index (Phi) is 5.11. The molecule has 0 bridgehead atoms. The van der Waals surface area contributed by atoms with E-state index >= 15 is 0 Å². The zero-order valence-corrected chi connectivity index (χ0v) is 15.3. The summed E-state index contributed by atoms with van der Waals surface area (Å²) in [5.74, 6) is -0.0947. The number of piperazine rings is 1. The summed E-state index contributed by atoms with van der Waals surface area (Å²) in [7, 11) is 0. The number of amides is 1. The molecule has 2 saturated heterocycles. The van der Waals surface area contributed by atoms with Gasteiger partial charge in [0.1, 0.15) is 0 Å². The molecule has 0 spiro atoms. The van der Waals surface area contributed by atoms with Crippen LogP contribution >= 0.6 is 0 Å². The number of benzene rings is 1. The average molecular weight is 393 g/mol. The van der Waals surface area contributed by atoms with Crippen molar-refractivity contribution in [3.63, 3.8) is 0 Å². The Hall–Kier alpha value is -2.39. The standard InChI is InChI=1S/C19H22F3N5O/c20-19(21,22)17-5-9-27(24-17)15-3-1-2-14(12-15)18(28)26-8-4-16(13-26)25-10-6-23-7-11-25/h1-3,5,9,12,16,23H,4,6-8,10-11,13H2. The van der Waals surface area contributed by atoms with Gasteiger partial charge in [0.2, 0.25) is 0 Å². The third-order valence-corrected chi connectivity index (χ3v) is 5.36. The predicted octanol–water partition coefficient (Wildman–Crippen LogP) is 2.01. The van der Waals surface area contributed by atoms with Crippen LogP contribution in [0.15, 0.2) is 36.5 Å². The average Bonchev–Trinajstić information content (AvgIpc) is 3.38. The first-order valence-electron chi connectivity index (χ1n) is 9.39. The third kappa shape index (κ3) is 3.90. The minimum atomic E-state index is -4.49. The van der Waals surface area contributed by atoms with Crippen LogP contribution < -0.4 is 5.32 Å². The van der Waals surface area contributed by atoms with E-state index in [2.05, 4.69) is 15.3 Å². The number of aromatic nitrogens is 2. The van der Waals surface area contributed by atoms with Gasteiger partial charge in [-0.15, -0.1) is 0 Å². The van der Waals surface area contributed by atoms with Crippen molar-refractivity contribution in [2.24, 2.45) is 0 Å². The molecule has 0 saturated carbocycles. The number of nitrogens with one attached hydrogen (secondary N) is 1. The monoisotopic (exact) mass is 393 g/mol. The van der Waals surface area contributed by atoms with E-state index in [1.807, 2.05) is 4.90 Å². The summed E-state index contributed by atoms with van der Waals surface area (Å²) >= 11 is 0. The van der Waals surface area contributed by atoms with Crippen molar-refractivity contribution in [1.82, 2.24) is 24.9 Å². The molecule has 2 aromatic rings. The number of halogens is 3. The molecule has 150 valence electrons. The molecule has 1 unspecified atom stereocenters. The maximum atomic E-state index is 12.9. The molecule has 0 radical (unpaired) electrons. The van der Waals surface area contributed by atoms with E-state index in [-0.39, 0.29) is 5.91 Å². The fourth-order valence-corrected chi connectivity index (χ4v) is 3.85. The van der Waals surface area contributed by atoms with Crippen molar-refractivity contribution in [2.75, 3.05) is 39.3 Å². The summed E-state index contributed by atoms with van der Waals surface area (Å²) in [6.07, 6.45) is -2.30. The van der Waals surface area contributed by atoms with Crippen LogP contribution in [-0.4, -0.2) is 70.8 Å². The minimum Gasteiger partial charge on any atom is -0.337 e. The topological polar surface area (TPSA) is 53.4 Å². The molecule has 6 nitrogen and oxygen atoms in total. The lowest BCUT2D eigenvalue weighted by atomic mass is 10.1. The molecular formula is C19H22F3N5O. The van der Waals surface area contributed by atoms with E-state index in [4.69, 9.17) is 0 Å². The molecule has 4 rings (SSSR count). The quantitative estimate of drug-likeness (QED) is 0.867. The highest BCUT2D eigenvalue weighted by atomic mass is 19.4. The van der Waals surface area contributed by atoms with Crippen LogP contribution in [-0.2, 0) is 6.18 Å². The van der Waals surface area contributed by atoms with E-state index < -0.39 is 11.9 Å². The van der Waals surface area contributed by atoms with Crippen molar-refractivity contribution in [3.05, 3.63) is 47.8 Å². The van der Waals surface area contributed by atoms with E-state index in [1.165, 1.54) is 6.20 Å². The first-order chi connectivity index (χ1) is 13.4. The van der Waals surface area contributed by atoms with E-state index in [0.717, 1.165) is 43.3 Å². The molecule has 2 aliphatic heterocycles. The molecule has 2 fully saturated rings. The molecule has 28 heavy (non-hydrogen) atoms. The molecule has 0 aliphatic carbocycles. The van der Waals surface area contributed by atoms with Crippen molar-refractivity contribution < 1.29 is 18.0 Å². The van der Waals surface area contributed by atoms with Crippen LogP contribution in [0.1, 0.15) is 22.5 Å². The second-order valence-electron chi connectivity index (χ2n) is 7.17. The number of nitrogens with zero attached hydrogens (tertiary/aromatic N) is 4. The summed E-state index contributed by atoms with van der Waals surface area (Å²) in [6, 6.07) is 7.88. The summed E-state index contributed by atoms with van der Waals surface area (Å²) < 4.78 is 39.5. The fraction of sp³-hybridized carbons (Fsp3) is 0.474. The van der Waals surface area contributed by atoms with Gasteiger partial charge in [-0.25, -0.2) is 4.68 Å². The molecule has 1 N–H and O–H groups in total. The second-order valence-corrected chi connectivity index (χ2v) is 7.17. The molecule has 1 aromatic heterocycles. The van der Waals surface area contributed by atoms with Gasteiger partial charge in [-0.05, 0) is 30.7 Å². The maximum Gasteiger partial charge on any atom is 0.435 e. The molecule has 1 atom stereocenters. The number of hydrogen-bond acceptors (Lipinski definition) is 4. The highest BCUT2D eigenvalue weighted by molar-refractivity contribution is 5.95. The Labute approximate surface area is 160 Å². The lowest BCUT2D eigenvalue weighted by molar-refractivity contribution is -0.141. The van der Waals surface area contributed by atoms with Gasteiger partial charge in [0, 0.05) is 57.1 Å². The summed E-state index contributed by atoms with van der Waals surface area (Å²) in [4.78, 5) is 17.2. The molecule has 9 heteroatoms. The lowest BCUT2D eigenvalue weighted by Gasteiger charge is -2.32. The highest BCUT2D eigenvalue weighted by Crippen LogP contribution is 2.28. The molecule has 3 heterocycles. The van der Waals surface area contributed by atoms with Crippen LogP contribution in [0, 0.1) is 0 Å². The fourth-order valence-electron chi connectivity index (χ4n) is 3.85. The van der Waals surface area contributed by atoms with Crippen molar-refractivity contribution in [2.45, 2.75) is 18.6 Å². The minimum absolute atomic E-state index is 0.0947. The Morgan fingerprint density at radius 1 is 1.14 bits per heavy atom. The Morgan fingerprint density at radius 2 is 1.93 bits per heavy atom. The SMILES string of the molecule is O=C(c1cccc(-n2ccc(C(F)(F)F)n2)c1)N1CCC(N2CCNCC2)C1. The van der Waals surface area contributed by atoms with Gasteiger partial charge in [0.25, 0.3) is 5.91 Å². The van der Waals surface area contributed by atoms with E-state index in [1.54, 1.807) is 24.3 Å². The second kappa shape index (κ2) is 7.56. The summed E-state index contributed by atoms with van der Waals surface area (Å²) in [6.45, 7) is 5.29. The van der Waals surface area contributed by atoms with Gasteiger partial charge in [0.15, 0.2) is 5.69 Å². The van der Waals surface area contributed by atoms with Crippen molar-refractivity contribution in [1.29, 1.82) is 0 Å². The van der Waals surface area contributed by atoms with Gasteiger partial charge in [0.05, 0.1) is 5.69 Å². The third-order valence-electron chi connectivity index (χ3n) is 5.36. The number of hydrogen-bond donors (Lipinski definition) is 1. The van der Waals surface area contributed by atoms with Crippen LogP contribution in [0.2, 0.25) is 0 Å². The Morgan fingerprint density at radius 3 is 2.64 bits per heavy atom. The van der Waals surface area contributed by atoms with Crippen LogP contribution in [0.4, 0.5) is 13.2 Å². The van der Waals surface area contributed by atoms with Gasteiger partial charge < -0.3 is 10.2 Å². The van der Waals surface area contributed by atoms with Gasteiger partial charge in [-0.1, -0.05) is 6.07 Å². The zero-order valence-electron chi connectivity index (χ0n) is 15.3. The number of carbonyl (C=O) groups is 1. The van der Waals surface area contributed by atoms with Gasteiger partial charge in [-0.2, -0.15) is 18.3 Å². The van der Waals surface area contributed by atoms with Crippen LogP contribution in [0.5, 0.6) is 0 Å². The number of rotatable bonds is 3. The maximum absolute atomic E-state index is 12.9. The Balaban J connectivity index is 1.47. The molecule has 1 amide bonds. The van der Waals surface area contributed by atoms with Crippen LogP contribution in [0.3, 0.4) is 0 Å². The number of alkyl halides is 3.